The summed E-state index contributed by atoms with van der Waals surface area (Å²) in [5.41, 5.74) is 2.22. The maximum Gasteiger partial charge on any atom is 0.146 e. The Bertz CT molecular complexity index is 458. The zero-order valence-corrected chi connectivity index (χ0v) is 12.8. The van der Waals surface area contributed by atoms with Gasteiger partial charge in [0.25, 0.3) is 0 Å². The molecule has 0 radical (unpaired) electrons. The van der Waals surface area contributed by atoms with Crippen LogP contribution in [-0.2, 0) is 5.88 Å². The molecule has 0 bridgehead atoms. The first-order chi connectivity index (χ1) is 9.74. The van der Waals surface area contributed by atoms with Crippen LogP contribution in [0.2, 0.25) is 0 Å². The summed E-state index contributed by atoms with van der Waals surface area (Å²) < 4.78 is 14.2. The molecular weight excluding hydrogens is 273 g/mol. The standard InChI is InChI=1S/C17H23ClFN/c18-13-14-5-4-6-15(19)16(14)20-11-9-17(10-12-20)7-2-1-3-8-17/h4-6H,1-3,7-13H2. The van der Waals surface area contributed by atoms with Crippen molar-refractivity contribution in [2.75, 3.05) is 18.0 Å². The van der Waals surface area contributed by atoms with Crippen molar-refractivity contribution in [1.82, 2.24) is 0 Å². The highest BCUT2D eigenvalue weighted by atomic mass is 35.5. The fraction of sp³-hybridized carbons (Fsp3) is 0.647. The van der Waals surface area contributed by atoms with Crippen molar-refractivity contribution >= 4 is 17.3 Å². The third-order valence-corrected chi connectivity index (χ3v) is 5.56. The molecule has 1 nitrogen and oxygen atoms in total. The minimum absolute atomic E-state index is 0.122. The van der Waals surface area contributed by atoms with E-state index in [9.17, 15) is 4.39 Å². The molecule has 0 aromatic heterocycles. The Morgan fingerprint density at radius 3 is 2.40 bits per heavy atom. The Hall–Kier alpha value is -0.760. The summed E-state index contributed by atoms with van der Waals surface area (Å²) in [6.45, 7) is 1.95. The number of rotatable bonds is 2. The van der Waals surface area contributed by atoms with Gasteiger partial charge in [-0.2, -0.15) is 0 Å². The number of nitrogens with zero attached hydrogens (tertiary/aromatic N) is 1. The molecule has 1 aliphatic carbocycles. The Labute approximate surface area is 126 Å². The molecule has 1 heterocycles. The Kier molecular flexibility index (Phi) is 4.21. The van der Waals surface area contributed by atoms with E-state index in [0.29, 0.717) is 11.3 Å². The van der Waals surface area contributed by atoms with Crippen LogP contribution in [0.5, 0.6) is 0 Å². The summed E-state index contributed by atoms with van der Waals surface area (Å²) in [4.78, 5) is 2.22. The molecule has 0 N–H and O–H groups in total. The lowest BCUT2D eigenvalue weighted by Crippen LogP contribution is -2.41. The molecule has 1 aromatic carbocycles. The fourth-order valence-electron chi connectivity index (χ4n) is 4.03. The normalized spacial score (nSPS) is 22.2. The van der Waals surface area contributed by atoms with Gasteiger partial charge in [-0.1, -0.05) is 31.4 Å². The molecule has 1 aliphatic heterocycles. The monoisotopic (exact) mass is 295 g/mol. The predicted octanol–water partition coefficient (Wildman–Crippen LogP) is 5.12. The van der Waals surface area contributed by atoms with E-state index >= 15 is 0 Å². The first-order valence-corrected chi connectivity index (χ1v) is 8.36. The van der Waals surface area contributed by atoms with Gasteiger partial charge in [0, 0.05) is 19.0 Å². The number of halogens is 2. The van der Waals surface area contributed by atoms with Crippen molar-refractivity contribution in [3.63, 3.8) is 0 Å². The van der Waals surface area contributed by atoms with Gasteiger partial charge in [-0.05, 0) is 42.7 Å². The maximum absolute atomic E-state index is 14.2. The van der Waals surface area contributed by atoms with Gasteiger partial charge in [0.2, 0.25) is 0 Å². The largest absolute Gasteiger partial charge is 0.369 e. The van der Waals surface area contributed by atoms with Crippen LogP contribution in [0.1, 0.15) is 50.5 Å². The fourth-order valence-corrected chi connectivity index (χ4v) is 4.24. The van der Waals surface area contributed by atoms with Crippen LogP contribution in [0.15, 0.2) is 18.2 Å². The number of alkyl halides is 1. The Morgan fingerprint density at radius 1 is 1.05 bits per heavy atom. The average molecular weight is 296 g/mol. The van der Waals surface area contributed by atoms with Gasteiger partial charge in [-0.15, -0.1) is 11.6 Å². The van der Waals surface area contributed by atoms with E-state index < -0.39 is 0 Å². The molecule has 0 atom stereocenters. The lowest BCUT2D eigenvalue weighted by atomic mass is 9.68. The summed E-state index contributed by atoms with van der Waals surface area (Å²) >= 11 is 5.97. The van der Waals surface area contributed by atoms with Crippen LogP contribution in [0.4, 0.5) is 10.1 Å². The highest BCUT2D eigenvalue weighted by Crippen LogP contribution is 2.45. The minimum atomic E-state index is -0.122. The number of piperidine rings is 1. The second-order valence-corrected chi connectivity index (χ2v) is 6.70. The molecule has 3 heteroatoms. The minimum Gasteiger partial charge on any atom is -0.369 e. The molecule has 1 saturated heterocycles. The lowest BCUT2D eigenvalue weighted by molar-refractivity contribution is 0.144. The summed E-state index contributed by atoms with van der Waals surface area (Å²) in [5, 5.41) is 0. The zero-order valence-electron chi connectivity index (χ0n) is 12.0. The van der Waals surface area contributed by atoms with Crippen molar-refractivity contribution in [3.8, 4) is 0 Å². The molecule has 20 heavy (non-hydrogen) atoms. The van der Waals surface area contributed by atoms with Gasteiger partial charge in [-0.3, -0.25) is 0 Å². The van der Waals surface area contributed by atoms with Crippen molar-refractivity contribution in [2.24, 2.45) is 5.41 Å². The number of hydrogen-bond donors (Lipinski definition) is 0. The van der Waals surface area contributed by atoms with Crippen molar-refractivity contribution in [1.29, 1.82) is 0 Å². The van der Waals surface area contributed by atoms with Gasteiger partial charge in [0.05, 0.1) is 5.69 Å². The molecule has 2 fully saturated rings. The van der Waals surface area contributed by atoms with Crippen LogP contribution in [0.25, 0.3) is 0 Å². The SMILES string of the molecule is Fc1cccc(CCl)c1N1CCC2(CCCCC2)CC1. The van der Waals surface area contributed by atoms with Gasteiger partial charge < -0.3 is 4.90 Å². The van der Waals surface area contributed by atoms with Gasteiger partial charge in [0.15, 0.2) is 0 Å². The first kappa shape index (κ1) is 14.2. The highest BCUT2D eigenvalue weighted by Gasteiger charge is 2.36. The van der Waals surface area contributed by atoms with E-state index in [2.05, 4.69) is 4.90 Å². The number of hydrogen-bond acceptors (Lipinski definition) is 1. The van der Waals surface area contributed by atoms with Gasteiger partial charge >= 0.3 is 0 Å². The summed E-state index contributed by atoms with van der Waals surface area (Å²) in [7, 11) is 0. The van der Waals surface area contributed by atoms with Gasteiger partial charge in [-0.25, -0.2) is 4.39 Å². The summed E-state index contributed by atoms with van der Waals surface area (Å²) in [5.74, 6) is 0.261. The van der Waals surface area contributed by atoms with E-state index in [-0.39, 0.29) is 5.82 Å². The van der Waals surface area contributed by atoms with Crippen LogP contribution < -0.4 is 4.90 Å². The Morgan fingerprint density at radius 2 is 1.75 bits per heavy atom. The van der Waals surface area contributed by atoms with E-state index in [1.807, 2.05) is 6.07 Å². The van der Waals surface area contributed by atoms with E-state index in [1.54, 1.807) is 12.1 Å². The average Bonchev–Trinajstić information content (AvgIpc) is 2.49. The molecule has 0 amide bonds. The second-order valence-electron chi connectivity index (χ2n) is 6.43. The Balaban J connectivity index is 1.75. The molecule has 3 rings (SSSR count). The van der Waals surface area contributed by atoms with E-state index in [1.165, 1.54) is 44.9 Å². The van der Waals surface area contributed by atoms with E-state index in [4.69, 9.17) is 11.6 Å². The zero-order chi connectivity index (χ0) is 14.0. The third-order valence-electron chi connectivity index (χ3n) is 5.27. The van der Waals surface area contributed by atoms with Crippen molar-refractivity contribution in [3.05, 3.63) is 29.6 Å². The molecule has 1 saturated carbocycles. The summed E-state index contributed by atoms with van der Waals surface area (Å²) in [6.07, 6.45) is 9.33. The third kappa shape index (κ3) is 2.67. The number of benzene rings is 1. The predicted molar refractivity (Wildman–Crippen MR) is 82.9 cm³/mol. The molecule has 0 unspecified atom stereocenters. The first-order valence-electron chi connectivity index (χ1n) is 7.82. The van der Waals surface area contributed by atoms with Crippen molar-refractivity contribution < 1.29 is 4.39 Å². The quantitative estimate of drug-likeness (QED) is 0.685. The van der Waals surface area contributed by atoms with E-state index in [0.717, 1.165) is 24.3 Å². The van der Waals surface area contributed by atoms with Crippen LogP contribution in [-0.4, -0.2) is 13.1 Å². The summed E-state index contributed by atoms with van der Waals surface area (Å²) in [6, 6.07) is 5.25. The van der Waals surface area contributed by atoms with Crippen LogP contribution in [0, 0.1) is 11.2 Å². The second kappa shape index (κ2) is 5.93. The van der Waals surface area contributed by atoms with Crippen LogP contribution in [0.3, 0.4) is 0 Å². The highest BCUT2D eigenvalue weighted by molar-refractivity contribution is 6.17. The molecule has 1 aromatic rings. The number of anilines is 1. The topological polar surface area (TPSA) is 3.24 Å². The maximum atomic E-state index is 14.2. The van der Waals surface area contributed by atoms with Crippen LogP contribution >= 0.6 is 11.6 Å². The molecule has 2 aliphatic rings. The lowest BCUT2D eigenvalue weighted by Gasteiger charge is -2.45. The van der Waals surface area contributed by atoms with Crippen molar-refractivity contribution in [2.45, 2.75) is 50.8 Å². The molecule has 110 valence electrons. The number of para-hydroxylation sites is 1. The smallest absolute Gasteiger partial charge is 0.146 e. The molecule has 1 spiro atoms. The molecular formula is C17H23ClFN. The van der Waals surface area contributed by atoms with Gasteiger partial charge in [0.1, 0.15) is 5.82 Å².